The van der Waals surface area contributed by atoms with Crippen LogP contribution in [0.15, 0.2) is 0 Å². The first-order chi connectivity index (χ1) is 2.94. The number of thiol groups is 1. The predicted octanol–water partition coefficient (Wildman–Crippen LogP) is 1.98. The van der Waals surface area contributed by atoms with E-state index in [1.807, 2.05) is 0 Å². The SMILES string of the molecule is OP(=S)(S)C(Cl)Cl. The Morgan fingerprint density at radius 2 is 1.86 bits per heavy atom. The molecule has 1 atom stereocenters. The van der Waals surface area contributed by atoms with Crippen molar-refractivity contribution in [3.8, 4) is 0 Å². The van der Waals surface area contributed by atoms with Gasteiger partial charge in [-0.25, -0.2) is 0 Å². The molecule has 0 aliphatic carbocycles. The minimum Gasteiger partial charge on any atom is -0.355 e. The highest BCUT2D eigenvalue weighted by Crippen LogP contribution is 2.54. The van der Waals surface area contributed by atoms with Gasteiger partial charge < -0.3 is 4.89 Å². The number of alkyl halides is 2. The van der Waals surface area contributed by atoms with Crippen molar-refractivity contribution in [2.24, 2.45) is 0 Å². The monoisotopic (exact) mass is 196 g/mol. The molecule has 0 aromatic rings. The van der Waals surface area contributed by atoms with Crippen LogP contribution in [-0.4, -0.2) is 9.47 Å². The third-order valence-electron chi connectivity index (χ3n) is 0.254. The summed E-state index contributed by atoms with van der Waals surface area (Å²) < 4.78 is -0.911. The second-order valence-electron chi connectivity index (χ2n) is 0.867. The minimum atomic E-state index is -2.68. The van der Waals surface area contributed by atoms with Crippen molar-refractivity contribution in [2.45, 2.75) is 4.58 Å². The lowest BCUT2D eigenvalue weighted by Gasteiger charge is -2.05. The molecule has 0 saturated carbocycles. The zero-order chi connectivity index (χ0) is 6.08. The summed E-state index contributed by atoms with van der Waals surface area (Å²) in [5.74, 6) is 0. The molecule has 0 aliphatic heterocycles. The second kappa shape index (κ2) is 2.90. The van der Waals surface area contributed by atoms with Gasteiger partial charge in [-0.2, -0.15) is 0 Å². The van der Waals surface area contributed by atoms with Crippen LogP contribution in [0.3, 0.4) is 0 Å². The van der Waals surface area contributed by atoms with Gasteiger partial charge in [0, 0.05) is 0 Å². The van der Waals surface area contributed by atoms with Crippen LogP contribution in [-0.2, 0) is 11.8 Å². The Balaban J connectivity index is 3.80. The summed E-state index contributed by atoms with van der Waals surface area (Å²) in [6.07, 6.45) is 0. The molecule has 0 rings (SSSR count). The van der Waals surface area contributed by atoms with Gasteiger partial charge in [0.05, 0.1) is 0 Å². The maximum absolute atomic E-state index is 8.62. The lowest BCUT2D eigenvalue weighted by molar-refractivity contribution is 0.641. The van der Waals surface area contributed by atoms with E-state index in [0.717, 1.165) is 0 Å². The van der Waals surface area contributed by atoms with Crippen molar-refractivity contribution in [1.82, 2.24) is 0 Å². The average molecular weight is 197 g/mol. The van der Waals surface area contributed by atoms with Gasteiger partial charge in [-0.3, -0.25) is 0 Å². The topological polar surface area (TPSA) is 20.2 Å². The molecular weight excluding hydrogens is 194 g/mol. The molecule has 1 nitrogen and oxygen atoms in total. The molecule has 0 radical (unpaired) electrons. The Hall–Kier alpha value is 1.54. The fourth-order valence-electron chi connectivity index (χ4n) is 0. The van der Waals surface area contributed by atoms with Crippen LogP contribution in [0, 0.1) is 0 Å². The Labute approximate surface area is 62.3 Å². The Kier molecular flexibility index (Phi) is 3.54. The first-order valence-electron chi connectivity index (χ1n) is 1.28. The summed E-state index contributed by atoms with van der Waals surface area (Å²) in [6, 6.07) is 0. The van der Waals surface area contributed by atoms with Crippen LogP contribution in [0.2, 0.25) is 0 Å². The molecule has 0 fully saturated rings. The van der Waals surface area contributed by atoms with Crippen molar-refractivity contribution < 1.29 is 4.89 Å². The summed E-state index contributed by atoms with van der Waals surface area (Å²) in [4.78, 5) is 8.62. The zero-order valence-electron chi connectivity index (χ0n) is 3.08. The van der Waals surface area contributed by atoms with Crippen LogP contribution in [0.25, 0.3) is 0 Å². The van der Waals surface area contributed by atoms with Gasteiger partial charge in [0.1, 0.15) is 5.47 Å². The lowest BCUT2D eigenvalue weighted by Crippen LogP contribution is -1.79. The van der Waals surface area contributed by atoms with Crippen molar-refractivity contribution in [2.75, 3.05) is 0 Å². The molecule has 6 heteroatoms. The van der Waals surface area contributed by atoms with E-state index in [9.17, 15) is 0 Å². The normalized spacial score (nSPS) is 19.6. The Bertz CT molecular complexity index is 97.9. The van der Waals surface area contributed by atoms with Crippen LogP contribution in [0.4, 0.5) is 0 Å². The highest BCUT2D eigenvalue weighted by atomic mass is 35.5. The van der Waals surface area contributed by atoms with Crippen molar-refractivity contribution in [1.29, 1.82) is 0 Å². The molecule has 0 aromatic heterocycles. The zero-order valence-corrected chi connectivity index (χ0v) is 7.20. The fourth-order valence-corrected chi connectivity index (χ4v) is 0. The first kappa shape index (κ1) is 8.54. The van der Waals surface area contributed by atoms with Gasteiger partial charge in [-0.05, 0) is 0 Å². The molecule has 7 heavy (non-hydrogen) atoms. The van der Waals surface area contributed by atoms with Crippen molar-refractivity contribution in [3.05, 3.63) is 0 Å². The molecule has 0 spiro atoms. The van der Waals surface area contributed by atoms with Gasteiger partial charge in [0.25, 0.3) is 0 Å². The fraction of sp³-hybridized carbons (Fsp3) is 1.00. The molecule has 0 aromatic carbocycles. The van der Waals surface area contributed by atoms with E-state index < -0.39 is 10.0 Å². The van der Waals surface area contributed by atoms with Crippen LogP contribution >= 0.6 is 40.9 Å². The largest absolute Gasteiger partial charge is 0.355 e. The van der Waals surface area contributed by atoms with Crippen LogP contribution in [0.5, 0.6) is 0 Å². The van der Waals surface area contributed by atoms with Gasteiger partial charge in [-0.15, -0.1) is 12.2 Å². The van der Waals surface area contributed by atoms with Crippen LogP contribution < -0.4 is 0 Å². The van der Waals surface area contributed by atoms with E-state index in [4.69, 9.17) is 28.1 Å². The molecule has 0 amide bonds. The standard InChI is InChI=1S/CH3Cl2OPS2/c2-1(3)5(4,6)7/h1H,(H2,4,6,7). The van der Waals surface area contributed by atoms with E-state index in [1.165, 1.54) is 0 Å². The molecule has 1 N–H and O–H groups in total. The molecule has 44 valence electrons. The highest BCUT2D eigenvalue weighted by Gasteiger charge is 2.14. The highest BCUT2D eigenvalue weighted by molar-refractivity contribution is 8.62. The third-order valence-corrected chi connectivity index (χ3v) is 5.29. The summed E-state index contributed by atoms with van der Waals surface area (Å²) in [5.41, 5.74) is -2.68. The molecular formula is CH3Cl2OPS2. The van der Waals surface area contributed by atoms with E-state index in [2.05, 4.69) is 24.1 Å². The van der Waals surface area contributed by atoms with E-state index in [1.54, 1.807) is 0 Å². The molecule has 0 bridgehead atoms. The maximum Gasteiger partial charge on any atom is 0.166 e. The Morgan fingerprint density at radius 1 is 1.71 bits per heavy atom. The van der Waals surface area contributed by atoms with Gasteiger partial charge in [-0.1, -0.05) is 35.0 Å². The number of rotatable bonds is 1. The predicted molar refractivity (Wildman–Crippen MR) is 41.0 cm³/mol. The number of hydrogen-bond donors (Lipinski definition) is 2. The molecule has 0 heterocycles. The molecule has 0 aliphatic rings. The molecule has 1 unspecified atom stereocenters. The first-order valence-corrected chi connectivity index (χ1v) is 6.13. The quantitative estimate of drug-likeness (QED) is 0.380. The Morgan fingerprint density at radius 3 is 1.86 bits per heavy atom. The number of hydrogen-bond acceptors (Lipinski definition) is 1. The molecule has 0 saturated heterocycles. The van der Waals surface area contributed by atoms with Gasteiger partial charge >= 0.3 is 0 Å². The van der Waals surface area contributed by atoms with E-state index in [0.29, 0.717) is 0 Å². The average Bonchev–Trinajstić information content (AvgIpc) is 1.31. The van der Waals surface area contributed by atoms with E-state index in [-0.39, 0.29) is 0 Å². The summed E-state index contributed by atoms with van der Waals surface area (Å²) in [6.45, 7) is 0. The number of halogens is 2. The minimum absolute atomic E-state index is 0.911. The summed E-state index contributed by atoms with van der Waals surface area (Å²) >= 11 is 18.2. The smallest absolute Gasteiger partial charge is 0.166 e. The van der Waals surface area contributed by atoms with Gasteiger partial charge in [0.2, 0.25) is 0 Å². The third kappa shape index (κ3) is 4.07. The van der Waals surface area contributed by atoms with Crippen LogP contribution in [0.1, 0.15) is 0 Å². The maximum atomic E-state index is 8.62. The summed E-state index contributed by atoms with van der Waals surface area (Å²) in [7, 11) is 0. The van der Waals surface area contributed by atoms with Gasteiger partial charge in [0.15, 0.2) is 4.58 Å². The van der Waals surface area contributed by atoms with Crippen molar-refractivity contribution in [3.63, 3.8) is 0 Å². The second-order valence-corrected chi connectivity index (χ2v) is 8.58. The van der Waals surface area contributed by atoms with Crippen molar-refractivity contribution >= 4 is 52.7 Å². The summed E-state index contributed by atoms with van der Waals surface area (Å²) in [5, 5.41) is 0. The lowest BCUT2D eigenvalue weighted by atomic mass is 11.9. The van der Waals surface area contributed by atoms with E-state index >= 15 is 0 Å².